The number of nitrogens with two attached hydrogens (primary N) is 1. The summed E-state index contributed by atoms with van der Waals surface area (Å²) < 4.78 is 5.81. The summed E-state index contributed by atoms with van der Waals surface area (Å²) in [7, 11) is 0. The van der Waals surface area contributed by atoms with Gasteiger partial charge in [0.15, 0.2) is 0 Å². The van der Waals surface area contributed by atoms with E-state index in [-0.39, 0.29) is 30.4 Å². The van der Waals surface area contributed by atoms with E-state index in [9.17, 15) is 4.79 Å². The molecule has 2 N–H and O–H groups in total. The molecular formula is C17H25ClN2O2. The van der Waals surface area contributed by atoms with Crippen LogP contribution in [0.3, 0.4) is 0 Å². The van der Waals surface area contributed by atoms with Crippen LogP contribution in [0.15, 0.2) is 30.3 Å². The van der Waals surface area contributed by atoms with Crippen LogP contribution in [0.1, 0.15) is 32.1 Å². The van der Waals surface area contributed by atoms with Crippen molar-refractivity contribution in [2.45, 2.75) is 44.2 Å². The molecule has 1 heterocycles. The van der Waals surface area contributed by atoms with E-state index in [1.165, 1.54) is 12.8 Å². The smallest absolute Gasteiger partial charge is 0.224 e. The molecule has 2 aliphatic rings. The molecule has 1 aromatic carbocycles. The number of nitrogens with zero attached hydrogens (tertiary/aromatic N) is 1. The van der Waals surface area contributed by atoms with E-state index in [2.05, 4.69) is 0 Å². The van der Waals surface area contributed by atoms with Gasteiger partial charge >= 0.3 is 0 Å². The van der Waals surface area contributed by atoms with Gasteiger partial charge in [0.2, 0.25) is 5.91 Å². The first kappa shape index (κ1) is 17.1. The van der Waals surface area contributed by atoms with Crippen LogP contribution in [0.5, 0.6) is 5.75 Å². The number of likely N-dealkylation sites (tertiary alicyclic amines) is 1. The number of hydrogen-bond acceptors (Lipinski definition) is 3. The summed E-state index contributed by atoms with van der Waals surface area (Å²) in [5, 5.41) is 0. The second kappa shape index (κ2) is 7.84. The highest BCUT2D eigenvalue weighted by molar-refractivity contribution is 5.85. The van der Waals surface area contributed by atoms with E-state index in [1.54, 1.807) is 0 Å². The number of halogens is 1. The average Bonchev–Trinajstić information content (AvgIpc) is 3.25. The first-order chi connectivity index (χ1) is 10.2. The summed E-state index contributed by atoms with van der Waals surface area (Å²) in [6, 6.07) is 10.0. The van der Waals surface area contributed by atoms with Gasteiger partial charge in [0.25, 0.3) is 0 Å². The maximum absolute atomic E-state index is 12.4. The maximum Gasteiger partial charge on any atom is 0.224 e. The van der Waals surface area contributed by atoms with Gasteiger partial charge in [0.05, 0.1) is 6.04 Å². The standard InChI is InChI=1S/C17H24N2O2.ClH/c18-16(13-8-9-13)11-17(20)19-10-4-5-14(19)12-21-15-6-2-1-3-7-15;/h1-3,6-7,13-14,16H,4-5,8-12,18H2;1H. The number of hydrogen-bond donors (Lipinski definition) is 1. The number of ether oxygens (including phenoxy) is 1. The third-order valence-corrected chi connectivity index (χ3v) is 4.52. The molecule has 0 spiro atoms. The van der Waals surface area contributed by atoms with Crippen molar-refractivity contribution in [2.75, 3.05) is 13.2 Å². The summed E-state index contributed by atoms with van der Waals surface area (Å²) in [6.45, 7) is 1.42. The summed E-state index contributed by atoms with van der Waals surface area (Å²) in [5.41, 5.74) is 6.08. The lowest BCUT2D eigenvalue weighted by Crippen LogP contribution is -2.42. The molecule has 1 aliphatic carbocycles. The van der Waals surface area contributed by atoms with Crippen LogP contribution in [0.25, 0.3) is 0 Å². The van der Waals surface area contributed by atoms with Gasteiger partial charge < -0.3 is 15.4 Å². The van der Waals surface area contributed by atoms with Gasteiger partial charge in [-0.15, -0.1) is 12.4 Å². The van der Waals surface area contributed by atoms with Crippen LogP contribution in [-0.2, 0) is 4.79 Å². The lowest BCUT2D eigenvalue weighted by Gasteiger charge is -2.26. The Kier molecular flexibility index (Phi) is 6.09. The number of carbonyl (C=O) groups excluding carboxylic acids is 1. The lowest BCUT2D eigenvalue weighted by atomic mass is 10.1. The fourth-order valence-electron chi connectivity index (χ4n) is 3.06. The van der Waals surface area contributed by atoms with Gasteiger partial charge in [0, 0.05) is 19.0 Å². The van der Waals surface area contributed by atoms with Crippen molar-refractivity contribution in [1.82, 2.24) is 4.90 Å². The molecule has 2 atom stereocenters. The minimum atomic E-state index is 0. The minimum Gasteiger partial charge on any atom is -0.491 e. The molecule has 2 fully saturated rings. The highest BCUT2D eigenvalue weighted by Gasteiger charge is 2.34. The zero-order valence-electron chi connectivity index (χ0n) is 12.8. The first-order valence-corrected chi connectivity index (χ1v) is 7.97. The largest absolute Gasteiger partial charge is 0.491 e. The second-order valence-electron chi connectivity index (χ2n) is 6.21. The summed E-state index contributed by atoms with van der Waals surface area (Å²) in [5.74, 6) is 1.65. The van der Waals surface area contributed by atoms with Crippen molar-refractivity contribution < 1.29 is 9.53 Å². The molecule has 122 valence electrons. The zero-order valence-corrected chi connectivity index (χ0v) is 13.6. The molecule has 1 saturated carbocycles. The summed E-state index contributed by atoms with van der Waals surface area (Å²) in [6.07, 6.45) is 4.96. The predicted molar refractivity (Wildman–Crippen MR) is 89.2 cm³/mol. The van der Waals surface area contributed by atoms with Crippen LogP contribution in [-0.4, -0.2) is 36.0 Å². The second-order valence-corrected chi connectivity index (χ2v) is 6.21. The maximum atomic E-state index is 12.4. The third kappa shape index (κ3) is 4.37. The molecule has 0 bridgehead atoms. The molecule has 0 aromatic heterocycles. The predicted octanol–water partition coefficient (Wildman–Crippen LogP) is 2.61. The van der Waals surface area contributed by atoms with Gasteiger partial charge in [-0.05, 0) is 43.7 Å². The lowest BCUT2D eigenvalue weighted by molar-refractivity contribution is -0.133. The van der Waals surface area contributed by atoms with Crippen molar-refractivity contribution in [3.8, 4) is 5.75 Å². The minimum absolute atomic E-state index is 0. The number of para-hydroxylation sites is 1. The SMILES string of the molecule is Cl.NC(CC(=O)N1CCCC1COc1ccccc1)C1CC1. The van der Waals surface area contributed by atoms with E-state index in [0.29, 0.717) is 18.9 Å². The van der Waals surface area contributed by atoms with Crippen LogP contribution in [0.4, 0.5) is 0 Å². The Morgan fingerprint density at radius 3 is 2.68 bits per heavy atom. The fourth-order valence-corrected chi connectivity index (χ4v) is 3.06. The van der Waals surface area contributed by atoms with E-state index in [0.717, 1.165) is 25.1 Å². The number of benzene rings is 1. The highest BCUT2D eigenvalue weighted by Crippen LogP contribution is 2.33. The van der Waals surface area contributed by atoms with E-state index >= 15 is 0 Å². The summed E-state index contributed by atoms with van der Waals surface area (Å²) in [4.78, 5) is 14.4. The molecule has 0 radical (unpaired) electrons. The number of carbonyl (C=O) groups is 1. The molecule has 2 unspecified atom stereocenters. The van der Waals surface area contributed by atoms with Crippen LogP contribution in [0, 0.1) is 5.92 Å². The Hall–Kier alpha value is -1.26. The molecule has 1 aromatic rings. The van der Waals surface area contributed by atoms with Crippen LogP contribution < -0.4 is 10.5 Å². The Bertz CT molecular complexity index is 479. The van der Waals surface area contributed by atoms with Crippen LogP contribution in [0.2, 0.25) is 0 Å². The molecule has 1 saturated heterocycles. The molecule has 22 heavy (non-hydrogen) atoms. The molecular weight excluding hydrogens is 300 g/mol. The fraction of sp³-hybridized carbons (Fsp3) is 0.588. The van der Waals surface area contributed by atoms with E-state index in [1.807, 2.05) is 35.2 Å². The van der Waals surface area contributed by atoms with Gasteiger partial charge in [-0.3, -0.25) is 4.79 Å². The van der Waals surface area contributed by atoms with Crippen molar-refractivity contribution in [3.63, 3.8) is 0 Å². The Balaban J connectivity index is 0.00000176. The average molecular weight is 325 g/mol. The molecule has 4 nitrogen and oxygen atoms in total. The van der Waals surface area contributed by atoms with Crippen LogP contribution >= 0.6 is 12.4 Å². The monoisotopic (exact) mass is 324 g/mol. The Labute approximate surface area is 138 Å². The van der Waals surface area contributed by atoms with Gasteiger partial charge in [-0.2, -0.15) is 0 Å². The molecule has 1 amide bonds. The van der Waals surface area contributed by atoms with Gasteiger partial charge in [-0.1, -0.05) is 18.2 Å². The van der Waals surface area contributed by atoms with Gasteiger partial charge in [0.1, 0.15) is 12.4 Å². The number of rotatable bonds is 6. The molecule has 3 rings (SSSR count). The van der Waals surface area contributed by atoms with Crippen molar-refractivity contribution in [1.29, 1.82) is 0 Å². The topological polar surface area (TPSA) is 55.6 Å². The van der Waals surface area contributed by atoms with E-state index < -0.39 is 0 Å². The van der Waals surface area contributed by atoms with Gasteiger partial charge in [-0.25, -0.2) is 0 Å². The van der Waals surface area contributed by atoms with Crippen molar-refractivity contribution in [3.05, 3.63) is 30.3 Å². The third-order valence-electron chi connectivity index (χ3n) is 4.52. The van der Waals surface area contributed by atoms with E-state index in [4.69, 9.17) is 10.5 Å². The molecule has 1 aliphatic heterocycles. The highest BCUT2D eigenvalue weighted by atomic mass is 35.5. The Morgan fingerprint density at radius 1 is 1.27 bits per heavy atom. The zero-order chi connectivity index (χ0) is 14.7. The Morgan fingerprint density at radius 2 is 2.00 bits per heavy atom. The first-order valence-electron chi connectivity index (χ1n) is 7.97. The number of amides is 1. The normalized spacial score (nSPS) is 22.0. The quantitative estimate of drug-likeness (QED) is 0.875. The summed E-state index contributed by atoms with van der Waals surface area (Å²) >= 11 is 0. The molecule has 5 heteroatoms. The van der Waals surface area contributed by atoms with Crippen molar-refractivity contribution in [2.24, 2.45) is 11.7 Å². The van der Waals surface area contributed by atoms with Crippen molar-refractivity contribution >= 4 is 18.3 Å².